The second-order valence-electron chi connectivity index (χ2n) is 6.67. The molecule has 3 aromatic rings. The number of esters is 1. The summed E-state index contributed by atoms with van der Waals surface area (Å²) in [5, 5.41) is 0.860. The molecule has 1 aromatic carbocycles. The number of anilines is 1. The van der Waals surface area contributed by atoms with Gasteiger partial charge in [0.05, 0.1) is 13.2 Å². The summed E-state index contributed by atoms with van der Waals surface area (Å²) >= 11 is 0. The van der Waals surface area contributed by atoms with E-state index in [9.17, 15) is 9.59 Å². The van der Waals surface area contributed by atoms with E-state index < -0.39 is 5.97 Å². The SMILES string of the molecule is Cc1cccc2[nH]cc(C(=O)COC(=O)c3cccnc3N3CCOCC3)c12. The number of benzene rings is 1. The number of rotatable bonds is 5. The maximum absolute atomic E-state index is 12.7. The van der Waals surface area contributed by atoms with Crippen LogP contribution in [0.2, 0.25) is 0 Å². The van der Waals surface area contributed by atoms with E-state index in [1.165, 1.54) is 0 Å². The number of morpholine rings is 1. The Morgan fingerprint density at radius 3 is 2.82 bits per heavy atom. The number of H-pyrrole nitrogens is 1. The van der Waals surface area contributed by atoms with Crippen molar-refractivity contribution < 1.29 is 19.1 Å². The molecule has 7 heteroatoms. The van der Waals surface area contributed by atoms with Crippen LogP contribution in [-0.4, -0.2) is 54.6 Å². The number of ether oxygens (including phenoxy) is 2. The number of aromatic amines is 1. The van der Waals surface area contributed by atoms with Gasteiger partial charge < -0.3 is 19.4 Å². The van der Waals surface area contributed by atoms with E-state index in [1.54, 1.807) is 24.5 Å². The number of aromatic nitrogens is 2. The Morgan fingerprint density at radius 1 is 1.18 bits per heavy atom. The molecule has 0 unspecified atom stereocenters. The molecule has 1 saturated heterocycles. The molecule has 0 amide bonds. The highest BCUT2D eigenvalue weighted by Gasteiger charge is 2.22. The summed E-state index contributed by atoms with van der Waals surface area (Å²) < 4.78 is 10.7. The summed E-state index contributed by atoms with van der Waals surface area (Å²) in [6, 6.07) is 9.14. The molecule has 144 valence electrons. The monoisotopic (exact) mass is 379 g/mol. The summed E-state index contributed by atoms with van der Waals surface area (Å²) in [6.07, 6.45) is 3.30. The molecule has 0 spiro atoms. The van der Waals surface area contributed by atoms with Crippen LogP contribution >= 0.6 is 0 Å². The van der Waals surface area contributed by atoms with Gasteiger partial charge in [-0.25, -0.2) is 9.78 Å². The van der Waals surface area contributed by atoms with Gasteiger partial charge >= 0.3 is 5.97 Å². The Hall–Kier alpha value is -3.19. The standard InChI is InChI=1S/C21H21N3O4/c1-14-4-2-6-17-19(14)16(12-23-17)18(25)13-28-21(26)15-5-3-7-22-20(15)24-8-10-27-11-9-24/h2-7,12,23H,8-11,13H2,1H3. The van der Waals surface area contributed by atoms with Crippen LogP contribution in [0.5, 0.6) is 0 Å². The second-order valence-corrected chi connectivity index (χ2v) is 6.67. The van der Waals surface area contributed by atoms with Gasteiger partial charge in [-0.15, -0.1) is 0 Å². The van der Waals surface area contributed by atoms with E-state index in [-0.39, 0.29) is 12.4 Å². The van der Waals surface area contributed by atoms with Crippen LogP contribution in [0.25, 0.3) is 10.9 Å². The number of carbonyl (C=O) groups excluding carboxylic acids is 2. The topological polar surface area (TPSA) is 84.5 Å². The van der Waals surface area contributed by atoms with Crippen LogP contribution in [0, 0.1) is 6.92 Å². The van der Waals surface area contributed by atoms with Gasteiger partial charge in [-0.2, -0.15) is 0 Å². The minimum atomic E-state index is -0.556. The first kappa shape index (κ1) is 18.2. The number of pyridine rings is 1. The molecule has 0 saturated carbocycles. The molecule has 1 N–H and O–H groups in total. The summed E-state index contributed by atoms with van der Waals surface area (Å²) in [7, 11) is 0. The highest BCUT2D eigenvalue weighted by Crippen LogP contribution is 2.23. The van der Waals surface area contributed by atoms with Crippen LogP contribution < -0.4 is 4.90 Å². The Kier molecular flexibility index (Phi) is 5.08. The van der Waals surface area contributed by atoms with E-state index in [0.29, 0.717) is 43.2 Å². The Bertz CT molecular complexity index is 1020. The third-order valence-corrected chi connectivity index (χ3v) is 4.87. The lowest BCUT2D eigenvalue weighted by Crippen LogP contribution is -2.37. The molecule has 1 aliphatic heterocycles. The van der Waals surface area contributed by atoms with Gasteiger partial charge in [-0.1, -0.05) is 12.1 Å². The van der Waals surface area contributed by atoms with Crippen molar-refractivity contribution in [2.75, 3.05) is 37.8 Å². The fourth-order valence-corrected chi connectivity index (χ4v) is 3.46. The third kappa shape index (κ3) is 3.48. The predicted octanol–water partition coefficient (Wildman–Crippen LogP) is 2.75. The molecule has 0 radical (unpaired) electrons. The van der Waals surface area contributed by atoms with E-state index in [0.717, 1.165) is 16.5 Å². The number of carbonyl (C=O) groups is 2. The lowest BCUT2D eigenvalue weighted by Gasteiger charge is -2.28. The maximum Gasteiger partial charge on any atom is 0.342 e. The van der Waals surface area contributed by atoms with Crippen molar-refractivity contribution in [1.29, 1.82) is 0 Å². The van der Waals surface area contributed by atoms with Gasteiger partial charge in [0.1, 0.15) is 11.4 Å². The zero-order valence-electron chi connectivity index (χ0n) is 15.6. The average molecular weight is 379 g/mol. The van der Waals surface area contributed by atoms with Crippen molar-refractivity contribution in [2.45, 2.75) is 6.92 Å². The summed E-state index contributed by atoms with van der Waals surface area (Å²) in [6.45, 7) is 4.11. The van der Waals surface area contributed by atoms with Crippen molar-refractivity contribution in [3.63, 3.8) is 0 Å². The van der Waals surface area contributed by atoms with E-state index >= 15 is 0 Å². The first-order valence-corrected chi connectivity index (χ1v) is 9.20. The lowest BCUT2D eigenvalue weighted by molar-refractivity contribution is 0.0474. The number of fused-ring (bicyclic) bond motifs is 1. The summed E-state index contributed by atoms with van der Waals surface area (Å²) in [4.78, 5) is 34.7. The number of Topliss-reactive ketones (excluding diaryl/α,β-unsaturated/α-hetero) is 1. The molecule has 7 nitrogen and oxygen atoms in total. The van der Waals surface area contributed by atoms with Gasteiger partial charge in [0.15, 0.2) is 6.61 Å². The number of aryl methyl sites for hydroxylation is 1. The lowest BCUT2D eigenvalue weighted by atomic mass is 10.1. The maximum atomic E-state index is 12.7. The fourth-order valence-electron chi connectivity index (χ4n) is 3.46. The minimum absolute atomic E-state index is 0.245. The van der Waals surface area contributed by atoms with Crippen LogP contribution in [0.15, 0.2) is 42.7 Å². The normalized spacial score (nSPS) is 14.2. The molecule has 1 aliphatic rings. The van der Waals surface area contributed by atoms with Crippen molar-refractivity contribution in [1.82, 2.24) is 9.97 Å². The van der Waals surface area contributed by atoms with Gasteiger partial charge in [-0.05, 0) is 30.7 Å². The zero-order chi connectivity index (χ0) is 19.5. The van der Waals surface area contributed by atoms with Crippen LogP contribution in [0.1, 0.15) is 26.3 Å². The Balaban J connectivity index is 1.49. The quantitative estimate of drug-likeness (QED) is 0.542. The van der Waals surface area contributed by atoms with Crippen LogP contribution in [0.4, 0.5) is 5.82 Å². The van der Waals surface area contributed by atoms with E-state index in [2.05, 4.69) is 9.97 Å². The molecular formula is C21H21N3O4. The fraction of sp³-hybridized carbons (Fsp3) is 0.286. The molecule has 3 heterocycles. The van der Waals surface area contributed by atoms with Crippen LogP contribution in [-0.2, 0) is 9.47 Å². The highest BCUT2D eigenvalue weighted by molar-refractivity contribution is 6.10. The smallest absolute Gasteiger partial charge is 0.342 e. The minimum Gasteiger partial charge on any atom is -0.454 e. The van der Waals surface area contributed by atoms with Crippen molar-refractivity contribution in [2.24, 2.45) is 0 Å². The number of hydrogen-bond donors (Lipinski definition) is 1. The Morgan fingerprint density at radius 2 is 2.00 bits per heavy atom. The second kappa shape index (κ2) is 7.82. The molecule has 28 heavy (non-hydrogen) atoms. The predicted molar refractivity (Wildman–Crippen MR) is 105 cm³/mol. The van der Waals surface area contributed by atoms with Gasteiger partial charge in [0.2, 0.25) is 5.78 Å². The molecule has 2 aromatic heterocycles. The first-order valence-electron chi connectivity index (χ1n) is 9.20. The van der Waals surface area contributed by atoms with Crippen molar-refractivity contribution in [3.8, 4) is 0 Å². The molecule has 0 atom stereocenters. The largest absolute Gasteiger partial charge is 0.454 e. The third-order valence-electron chi connectivity index (χ3n) is 4.87. The first-order chi connectivity index (χ1) is 13.6. The van der Waals surface area contributed by atoms with Gasteiger partial charge in [-0.3, -0.25) is 4.79 Å². The van der Waals surface area contributed by atoms with E-state index in [4.69, 9.17) is 9.47 Å². The molecule has 1 fully saturated rings. The number of nitrogens with one attached hydrogen (secondary N) is 1. The highest BCUT2D eigenvalue weighted by atomic mass is 16.5. The summed E-state index contributed by atoms with van der Waals surface area (Å²) in [5.41, 5.74) is 2.76. The van der Waals surface area contributed by atoms with Gasteiger partial charge in [0.25, 0.3) is 0 Å². The van der Waals surface area contributed by atoms with Crippen molar-refractivity contribution >= 4 is 28.5 Å². The Labute approximate surface area is 162 Å². The number of ketones is 1. The number of nitrogens with zero attached hydrogens (tertiary/aromatic N) is 2. The molecule has 4 rings (SSSR count). The van der Waals surface area contributed by atoms with Crippen LogP contribution in [0.3, 0.4) is 0 Å². The molecule has 0 bridgehead atoms. The average Bonchev–Trinajstić information content (AvgIpc) is 3.18. The zero-order valence-corrected chi connectivity index (χ0v) is 15.6. The molecular weight excluding hydrogens is 358 g/mol. The summed E-state index contributed by atoms with van der Waals surface area (Å²) in [5.74, 6) is -0.239. The number of hydrogen-bond acceptors (Lipinski definition) is 6. The molecule has 0 aliphatic carbocycles. The van der Waals surface area contributed by atoms with Crippen molar-refractivity contribution in [3.05, 3.63) is 59.4 Å². The van der Waals surface area contributed by atoms with Gasteiger partial charge in [0, 0.05) is 41.9 Å². The van der Waals surface area contributed by atoms with E-state index in [1.807, 2.05) is 30.0 Å².